The topological polar surface area (TPSA) is 83.6 Å². The minimum atomic E-state index is -0.672. The van der Waals surface area contributed by atoms with Crippen LogP contribution in [0.15, 0.2) is 24.3 Å². The normalized spacial score (nSPS) is 48.8. The minimum absolute atomic E-state index is 0.0612. The molecule has 134 valence electrons. The van der Waals surface area contributed by atoms with E-state index < -0.39 is 40.3 Å². The second-order valence-corrected chi connectivity index (χ2v) is 13.1. The van der Waals surface area contributed by atoms with Crippen molar-refractivity contribution in [2.45, 2.75) is 74.7 Å². The molecule has 2 aliphatic rings. The first-order valence-electron chi connectivity index (χ1n) is 8.68. The standard InChI is InChI=1S/C18H28O4P2/c1-9-15(19)16(20)10(2)23(9)13-7-5-6-8-14(13)24-11(3)17(21)18(22)12(24)4/h5-12,15-22H,1-4H3/p+1/t9-,10-,11-,12-,15+,16+,17+,18+/m0/s1. The molecule has 0 spiro atoms. The Morgan fingerprint density at radius 2 is 1.08 bits per heavy atom. The van der Waals surface area contributed by atoms with E-state index in [2.05, 4.69) is 26.0 Å². The molecule has 3 rings (SSSR count). The van der Waals surface area contributed by atoms with Crippen LogP contribution in [-0.2, 0) is 0 Å². The number of rotatable bonds is 2. The van der Waals surface area contributed by atoms with Crippen LogP contribution in [0.4, 0.5) is 0 Å². The monoisotopic (exact) mass is 371 g/mol. The Kier molecular flexibility index (Phi) is 5.39. The van der Waals surface area contributed by atoms with Gasteiger partial charge < -0.3 is 20.4 Å². The number of hydrogen-bond donors (Lipinski definition) is 3. The van der Waals surface area contributed by atoms with Crippen molar-refractivity contribution >= 4 is 26.5 Å². The molecule has 0 saturated carbocycles. The highest BCUT2D eigenvalue weighted by molar-refractivity contribution is 7.73. The number of aliphatic hydroxyl groups is 3. The van der Waals surface area contributed by atoms with Crippen LogP contribution >= 0.6 is 15.8 Å². The number of benzene rings is 1. The van der Waals surface area contributed by atoms with Gasteiger partial charge in [0.25, 0.3) is 0 Å². The molecule has 6 heteroatoms. The van der Waals surface area contributed by atoms with Crippen molar-refractivity contribution in [1.82, 2.24) is 0 Å². The molecule has 0 amide bonds. The Morgan fingerprint density at radius 1 is 0.708 bits per heavy atom. The maximum atomic E-state index is 10.4. The van der Waals surface area contributed by atoms with Crippen LogP contribution in [0.2, 0.25) is 0 Å². The van der Waals surface area contributed by atoms with Crippen LogP contribution in [0.1, 0.15) is 27.7 Å². The van der Waals surface area contributed by atoms with Crippen LogP contribution in [0.5, 0.6) is 0 Å². The van der Waals surface area contributed by atoms with E-state index in [0.29, 0.717) is 0 Å². The lowest BCUT2D eigenvalue weighted by atomic mass is 10.1. The van der Waals surface area contributed by atoms with Gasteiger partial charge >= 0.3 is 0 Å². The van der Waals surface area contributed by atoms with E-state index in [9.17, 15) is 15.3 Å². The van der Waals surface area contributed by atoms with E-state index in [-0.39, 0.29) is 22.6 Å². The predicted octanol–water partition coefficient (Wildman–Crippen LogP) is 0.658. The highest BCUT2D eigenvalue weighted by Crippen LogP contribution is 2.59. The molecule has 0 radical (unpaired) electrons. The summed E-state index contributed by atoms with van der Waals surface area (Å²) >= 11 is 0. The first-order valence-corrected chi connectivity index (χ1v) is 11.6. The maximum absolute atomic E-state index is 10.4. The summed E-state index contributed by atoms with van der Waals surface area (Å²) < 4.78 is 0. The van der Waals surface area contributed by atoms with Gasteiger partial charge in [0.05, 0.1) is 17.9 Å². The molecule has 4 nitrogen and oxygen atoms in total. The van der Waals surface area contributed by atoms with Crippen molar-refractivity contribution in [3.8, 4) is 0 Å². The first kappa shape index (κ1) is 18.7. The fourth-order valence-corrected chi connectivity index (χ4v) is 11.5. The van der Waals surface area contributed by atoms with Gasteiger partial charge in [-0.15, -0.1) is 0 Å². The second kappa shape index (κ2) is 6.91. The largest absolute Gasteiger partial charge is 0.441 e. The zero-order chi connectivity index (χ0) is 17.8. The Hall–Kier alpha value is -0.0800. The smallest absolute Gasteiger partial charge is 0.187 e. The predicted molar refractivity (Wildman–Crippen MR) is 103 cm³/mol. The van der Waals surface area contributed by atoms with Crippen molar-refractivity contribution in [1.29, 1.82) is 0 Å². The van der Waals surface area contributed by atoms with Gasteiger partial charge in [-0.05, 0) is 10.6 Å². The van der Waals surface area contributed by atoms with Gasteiger partial charge in [-0.3, -0.25) is 0 Å². The lowest BCUT2D eigenvalue weighted by Gasteiger charge is -2.29. The van der Waals surface area contributed by atoms with Gasteiger partial charge in [0.2, 0.25) is 0 Å². The van der Waals surface area contributed by atoms with Gasteiger partial charge in [0, 0.05) is 17.0 Å². The molecular formula is C18H29O4P2+. The summed E-state index contributed by atoms with van der Waals surface area (Å²) in [6.07, 6.45) is -2.33. The first-order chi connectivity index (χ1) is 11.3. The maximum Gasteiger partial charge on any atom is 0.187 e. The Labute approximate surface area is 146 Å². The summed E-state index contributed by atoms with van der Waals surface area (Å²) in [6, 6.07) is 8.37. The molecule has 2 aliphatic heterocycles. The zero-order valence-corrected chi connectivity index (χ0v) is 16.5. The molecular weight excluding hydrogens is 342 g/mol. The lowest BCUT2D eigenvalue weighted by molar-refractivity contribution is 0.0327. The van der Waals surface area contributed by atoms with Crippen molar-refractivity contribution in [3.63, 3.8) is 0 Å². The third kappa shape index (κ3) is 2.76. The Balaban J connectivity index is 2.04. The van der Waals surface area contributed by atoms with Crippen LogP contribution in [-0.4, -0.2) is 67.5 Å². The quantitative estimate of drug-likeness (QED) is 0.528. The Morgan fingerprint density at radius 3 is 1.46 bits per heavy atom. The highest BCUT2D eigenvalue weighted by atomic mass is 31.1. The molecule has 2 heterocycles. The summed E-state index contributed by atoms with van der Waals surface area (Å²) in [5.74, 6) is 0. The van der Waals surface area contributed by atoms with E-state index in [1.54, 1.807) is 0 Å². The fourth-order valence-electron chi connectivity index (χ4n) is 4.34. The van der Waals surface area contributed by atoms with Crippen molar-refractivity contribution in [3.05, 3.63) is 24.3 Å². The SMILES string of the molecule is C[C@H]1[C@@H](O)[C@H](O)[C@H](C)P1c1ccccc1P1[C@@H](C)[C@@H](O)[C@H]([OH2+])[C@@H]1C. The molecule has 1 aromatic carbocycles. The van der Waals surface area contributed by atoms with Crippen molar-refractivity contribution < 1.29 is 20.4 Å². The summed E-state index contributed by atoms with van der Waals surface area (Å²) in [6.45, 7) is 8.23. The average Bonchev–Trinajstić information content (AvgIpc) is 2.88. The van der Waals surface area contributed by atoms with Crippen molar-refractivity contribution in [2.24, 2.45) is 0 Å². The molecule has 1 aromatic rings. The number of aliphatic hydroxyl groups excluding tert-OH is 3. The van der Waals surface area contributed by atoms with Gasteiger partial charge in [-0.25, -0.2) is 0 Å². The molecule has 24 heavy (non-hydrogen) atoms. The number of hydrogen-bond acceptors (Lipinski definition) is 3. The minimum Gasteiger partial charge on any atom is -0.441 e. The second-order valence-electron chi connectivity index (χ2n) is 7.26. The van der Waals surface area contributed by atoms with Gasteiger partial charge in [-0.2, -0.15) is 0 Å². The van der Waals surface area contributed by atoms with Gasteiger partial charge in [0.15, 0.2) is 6.10 Å². The third-order valence-corrected chi connectivity index (χ3v) is 12.7. The summed E-state index contributed by atoms with van der Waals surface area (Å²) in [7, 11) is -1.30. The van der Waals surface area contributed by atoms with Crippen LogP contribution in [0.3, 0.4) is 0 Å². The molecule has 0 bridgehead atoms. The van der Waals surface area contributed by atoms with E-state index in [0.717, 1.165) is 0 Å². The Bertz CT molecular complexity index is 519. The van der Waals surface area contributed by atoms with E-state index >= 15 is 0 Å². The van der Waals surface area contributed by atoms with E-state index in [1.807, 2.05) is 26.0 Å². The third-order valence-electron chi connectivity index (χ3n) is 5.91. The molecule has 0 aliphatic carbocycles. The molecule has 2 saturated heterocycles. The zero-order valence-electron chi connectivity index (χ0n) is 14.7. The molecule has 0 aromatic heterocycles. The summed E-state index contributed by atoms with van der Waals surface area (Å²) in [4.78, 5) is 0. The molecule has 5 N–H and O–H groups in total. The molecule has 2 fully saturated rings. The molecule has 1 unspecified atom stereocenters. The van der Waals surface area contributed by atoms with Crippen molar-refractivity contribution in [2.75, 3.05) is 0 Å². The van der Waals surface area contributed by atoms with E-state index in [1.165, 1.54) is 10.6 Å². The van der Waals surface area contributed by atoms with Crippen LogP contribution < -0.4 is 10.6 Å². The highest BCUT2D eigenvalue weighted by Gasteiger charge is 2.51. The van der Waals surface area contributed by atoms with Crippen LogP contribution in [0.25, 0.3) is 0 Å². The van der Waals surface area contributed by atoms with Gasteiger partial charge in [0.1, 0.15) is 6.10 Å². The summed E-state index contributed by atoms with van der Waals surface area (Å²) in [5, 5.41) is 41.8. The van der Waals surface area contributed by atoms with Gasteiger partial charge in [-0.1, -0.05) is 67.8 Å². The fraction of sp³-hybridized carbons (Fsp3) is 0.667. The summed E-state index contributed by atoms with van der Waals surface area (Å²) in [5.41, 5.74) is 0.387. The van der Waals surface area contributed by atoms with Crippen LogP contribution in [0, 0.1) is 0 Å². The average molecular weight is 371 g/mol. The van der Waals surface area contributed by atoms with E-state index in [4.69, 9.17) is 5.11 Å². The lowest BCUT2D eigenvalue weighted by Crippen LogP contribution is -2.30. The molecule has 9 atom stereocenters.